The van der Waals surface area contributed by atoms with Crippen molar-refractivity contribution in [3.8, 4) is 5.69 Å². The number of nitrogens with one attached hydrogen (secondary N) is 1. The molecule has 0 saturated heterocycles. The van der Waals surface area contributed by atoms with Crippen LogP contribution in [0.15, 0.2) is 54.7 Å². The Morgan fingerprint density at radius 3 is 2.58 bits per heavy atom. The largest absolute Gasteiger partial charge is 0.433 e. The number of rotatable bonds is 5. The fraction of sp³-hybridized carbons (Fsp3) is 0.176. The highest BCUT2D eigenvalue weighted by molar-refractivity contribution is 5.92. The molecule has 2 heterocycles. The van der Waals surface area contributed by atoms with Crippen LogP contribution in [0.2, 0.25) is 0 Å². The topological polar surface area (TPSA) is 72.7 Å². The number of alkyl halides is 3. The summed E-state index contributed by atoms with van der Waals surface area (Å²) in [6, 6.07) is 12.5. The van der Waals surface area contributed by atoms with Crippen molar-refractivity contribution >= 4 is 5.91 Å². The molecule has 134 valence electrons. The number of nitrogens with zero attached hydrogens (tertiary/aromatic N) is 4. The molecule has 26 heavy (non-hydrogen) atoms. The number of hydrogen-bond acceptors (Lipinski definition) is 4. The monoisotopic (exact) mass is 361 g/mol. The summed E-state index contributed by atoms with van der Waals surface area (Å²) in [6.07, 6.45) is -2.63. The van der Waals surface area contributed by atoms with E-state index in [1.165, 1.54) is 10.9 Å². The van der Waals surface area contributed by atoms with Gasteiger partial charge in [-0.3, -0.25) is 4.79 Å². The van der Waals surface area contributed by atoms with Crippen molar-refractivity contribution in [2.75, 3.05) is 6.54 Å². The lowest BCUT2D eigenvalue weighted by Crippen LogP contribution is -2.27. The molecule has 3 rings (SSSR count). The Hall–Kier alpha value is -3.23. The molecule has 0 unspecified atom stereocenters. The van der Waals surface area contributed by atoms with Crippen LogP contribution < -0.4 is 5.32 Å². The van der Waals surface area contributed by atoms with E-state index in [9.17, 15) is 18.0 Å². The maximum Gasteiger partial charge on any atom is 0.433 e. The molecule has 0 bridgehead atoms. The van der Waals surface area contributed by atoms with Crippen LogP contribution in [0.4, 0.5) is 13.2 Å². The van der Waals surface area contributed by atoms with Crippen LogP contribution in [0.25, 0.3) is 5.69 Å². The van der Waals surface area contributed by atoms with Crippen molar-refractivity contribution in [2.24, 2.45) is 0 Å². The summed E-state index contributed by atoms with van der Waals surface area (Å²) in [5.41, 5.74) is 0.0609. The summed E-state index contributed by atoms with van der Waals surface area (Å²) < 4.78 is 37.9. The van der Waals surface area contributed by atoms with E-state index in [1.807, 2.05) is 30.3 Å². The molecule has 0 atom stereocenters. The van der Waals surface area contributed by atoms with Gasteiger partial charge in [-0.1, -0.05) is 24.3 Å². The number of para-hydroxylation sites is 1. The van der Waals surface area contributed by atoms with E-state index in [1.54, 1.807) is 6.20 Å². The van der Waals surface area contributed by atoms with E-state index in [4.69, 9.17) is 0 Å². The fourth-order valence-electron chi connectivity index (χ4n) is 2.21. The van der Waals surface area contributed by atoms with Gasteiger partial charge in [-0.05, 0) is 24.3 Å². The van der Waals surface area contributed by atoms with E-state index >= 15 is 0 Å². The van der Waals surface area contributed by atoms with Gasteiger partial charge in [0.1, 0.15) is 11.4 Å². The number of amides is 1. The molecule has 1 N–H and O–H groups in total. The van der Waals surface area contributed by atoms with Gasteiger partial charge in [-0.25, -0.2) is 4.98 Å². The van der Waals surface area contributed by atoms with E-state index in [0.717, 1.165) is 17.8 Å². The number of pyridine rings is 1. The summed E-state index contributed by atoms with van der Waals surface area (Å²) in [5, 5.41) is 11.0. The van der Waals surface area contributed by atoms with Gasteiger partial charge < -0.3 is 5.32 Å². The third kappa shape index (κ3) is 4.24. The van der Waals surface area contributed by atoms with Crippen LogP contribution in [0.5, 0.6) is 0 Å². The third-order valence-corrected chi connectivity index (χ3v) is 3.47. The quantitative estimate of drug-likeness (QED) is 0.758. The molecular weight excluding hydrogens is 347 g/mol. The molecule has 0 aliphatic heterocycles. The lowest BCUT2D eigenvalue weighted by molar-refractivity contribution is -0.141. The summed E-state index contributed by atoms with van der Waals surface area (Å²) >= 11 is 0. The molecule has 0 aliphatic carbocycles. The predicted octanol–water partition coefficient (Wildman–Crippen LogP) is 2.65. The molecule has 0 fully saturated rings. The standard InChI is InChI=1S/C17H14F3N5O/c18-17(19,20)15-8-4-7-14(23-15)16(26)21-10-9-12-11-22-25(24-12)13-5-2-1-3-6-13/h1-8,11H,9-10H2,(H,21,26). The van der Waals surface area contributed by atoms with Gasteiger partial charge in [0.2, 0.25) is 0 Å². The molecule has 9 heteroatoms. The summed E-state index contributed by atoms with van der Waals surface area (Å²) in [4.78, 5) is 16.8. The minimum absolute atomic E-state index is 0.199. The Balaban J connectivity index is 1.57. The van der Waals surface area contributed by atoms with E-state index in [-0.39, 0.29) is 12.2 Å². The van der Waals surface area contributed by atoms with E-state index < -0.39 is 17.8 Å². The zero-order valence-corrected chi connectivity index (χ0v) is 13.4. The first-order valence-electron chi connectivity index (χ1n) is 7.72. The van der Waals surface area contributed by atoms with Crippen LogP contribution >= 0.6 is 0 Å². The molecule has 6 nitrogen and oxygen atoms in total. The third-order valence-electron chi connectivity index (χ3n) is 3.47. The van der Waals surface area contributed by atoms with Crippen molar-refractivity contribution in [2.45, 2.75) is 12.6 Å². The first-order valence-corrected chi connectivity index (χ1v) is 7.72. The van der Waals surface area contributed by atoms with E-state index in [0.29, 0.717) is 12.1 Å². The van der Waals surface area contributed by atoms with Gasteiger partial charge in [0.05, 0.1) is 17.6 Å². The van der Waals surface area contributed by atoms with Crippen LogP contribution in [0.1, 0.15) is 21.9 Å². The Morgan fingerprint density at radius 2 is 1.85 bits per heavy atom. The van der Waals surface area contributed by atoms with Crippen molar-refractivity contribution in [1.82, 2.24) is 25.3 Å². The SMILES string of the molecule is O=C(NCCc1cnn(-c2ccccc2)n1)c1cccc(C(F)(F)F)n1. The number of benzene rings is 1. The number of carbonyl (C=O) groups is 1. The van der Waals surface area contributed by atoms with Gasteiger partial charge >= 0.3 is 6.18 Å². The lowest BCUT2D eigenvalue weighted by Gasteiger charge is -2.08. The molecule has 0 saturated carbocycles. The van der Waals surface area contributed by atoms with Crippen molar-refractivity contribution in [3.05, 3.63) is 71.8 Å². The average Bonchev–Trinajstić information content (AvgIpc) is 3.11. The minimum atomic E-state index is -4.59. The molecule has 2 aromatic heterocycles. The first kappa shape index (κ1) is 17.6. The second-order valence-corrected chi connectivity index (χ2v) is 5.37. The van der Waals surface area contributed by atoms with Gasteiger partial charge in [0, 0.05) is 13.0 Å². The number of aromatic nitrogens is 4. The Morgan fingerprint density at radius 1 is 1.08 bits per heavy atom. The number of hydrogen-bond donors (Lipinski definition) is 1. The van der Waals surface area contributed by atoms with Gasteiger partial charge in [0.15, 0.2) is 0 Å². The van der Waals surface area contributed by atoms with E-state index in [2.05, 4.69) is 20.5 Å². The molecule has 1 amide bonds. The minimum Gasteiger partial charge on any atom is -0.350 e. The normalized spacial score (nSPS) is 11.3. The second kappa shape index (κ2) is 7.34. The molecule has 3 aromatic rings. The summed E-state index contributed by atoms with van der Waals surface area (Å²) in [7, 11) is 0. The highest BCUT2D eigenvalue weighted by atomic mass is 19.4. The maximum absolute atomic E-state index is 12.6. The molecule has 0 spiro atoms. The summed E-state index contributed by atoms with van der Waals surface area (Å²) in [6.45, 7) is 0.199. The Bertz CT molecular complexity index is 893. The molecule has 1 aromatic carbocycles. The van der Waals surface area contributed by atoms with Gasteiger partial charge in [0.25, 0.3) is 5.91 Å². The highest BCUT2D eigenvalue weighted by Crippen LogP contribution is 2.27. The van der Waals surface area contributed by atoms with Crippen LogP contribution in [-0.2, 0) is 12.6 Å². The molecule has 0 radical (unpaired) electrons. The maximum atomic E-state index is 12.6. The smallest absolute Gasteiger partial charge is 0.350 e. The molecular formula is C17H14F3N5O. The fourth-order valence-corrected chi connectivity index (χ4v) is 2.21. The zero-order chi connectivity index (χ0) is 18.6. The predicted molar refractivity (Wildman–Crippen MR) is 86.6 cm³/mol. The van der Waals surface area contributed by atoms with Crippen molar-refractivity contribution in [1.29, 1.82) is 0 Å². The summed E-state index contributed by atoms with van der Waals surface area (Å²) in [5.74, 6) is -0.674. The Kier molecular flexibility index (Phi) is 4.97. The first-order chi connectivity index (χ1) is 12.4. The van der Waals surface area contributed by atoms with Crippen LogP contribution in [-0.4, -0.2) is 32.4 Å². The van der Waals surface area contributed by atoms with Crippen molar-refractivity contribution < 1.29 is 18.0 Å². The average molecular weight is 361 g/mol. The van der Waals surface area contributed by atoms with Gasteiger partial charge in [-0.15, -0.1) is 0 Å². The Labute approximate surface area is 146 Å². The number of halogens is 3. The number of carbonyl (C=O) groups excluding carboxylic acids is 1. The second-order valence-electron chi connectivity index (χ2n) is 5.37. The molecule has 0 aliphatic rings. The van der Waals surface area contributed by atoms with Crippen molar-refractivity contribution in [3.63, 3.8) is 0 Å². The zero-order valence-electron chi connectivity index (χ0n) is 13.4. The van der Waals surface area contributed by atoms with Crippen LogP contribution in [0, 0.1) is 0 Å². The highest BCUT2D eigenvalue weighted by Gasteiger charge is 2.32. The van der Waals surface area contributed by atoms with Crippen LogP contribution in [0.3, 0.4) is 0 Å². The lowest BCUT2D eigenvalue weighted by atomic mass is 10.2. The van der Waals surface area contributed by atoms with Gasteiger partial charge in [-0.2, -0.15) is 28.2 Å².